The first-order valence-corrected chi connectivity index (χ1v) is 14.1. The monoisotopic (exact) mass is 588 g/mol. The van der Waals surface area contributed by atoms with Crippen LogP contribution < -0.4 is 80.5 Å². The predicted octanol–water partition coefficient (Wildman–Crippen LogP) is -1.10. The Balaban J connectivity index is -0.000000309. The molecule has 2 unspecified atom stereocenters. The van der Waals surface area contributed by atoms with Crippen molar-refractivity contribution >= 4 is 23.9 Å². The van der Waals surface area contributed by atoms with Crippen LogP contribution in [-0.2, 0) is 28.7 Å². The standard InChI is InChI=1S/2C15H28O4.K.Li/c2*1-6-7-8-9-10-15(5,14(2,3)4)19-13(18)11-12(16)17;;/h2*6-11H2,1-5H3,(H,16,17);;/q;;2*+1/p-2. The van der Waals surface area contributed by atoms with Gasteiger partial charge < -0.3 is 29.3 Å². The summed E-state index contributed by atoms with van der Waals surface area (Å²) >= 11 is 0. The fraction of sp³-hybridized carbons (Fsp3) is 0.867. The first-order valence-electron chi connectivity index (χ1n) is 14.1. The van der Waals surface area contributed by atoms with Crippen molar-refractivity contribution in [2.75, 3.05) is 0 Å². The second-order valence-electron chi connectivity index (χ2n) is 12.6. The number of carbonyl (C=O) groups excluding carboxylic acids is 4. The number of carboxylic acids is 2. The molecule has 0 saturated carbocycles. The largest absolute Gasteiger partial charge is 1.00 e. The fourth-order valence-electron chi connectivity index (χ4n) is 3.75. The average Bonchev–Trinajstić information content (AvgIpc) is 2.72. The Morgan fingerprint density at radius 3 is 1.02 bits per heavy atom. The predicted molar refractivity (Wildman–Crippen MR) is 145 cm³/mol. The molecule has 0 spiro atoms. The summed E-state index contributed by atoms with van der Waals surface area (Å²) < 4.78 is 10.9. The number of ether oxygens (including phenoxy) is 2. The molecule has 0 aliphatic heterocycles. The molecule has 0 bridgehead atoms. The molecule has 0 N–H and O–H groups in total. The zero-order valence-corrected chi connectivity index (χ0v) is 30.9. The minimum Gasteiger partial charge on any atom is -0.550 e. The van der Waals surface area contributed by atoms with Crippen LogP contribution in [0.5, 0.6) is 0 Å². The summed E-state index contributed by atoms with van der Waals surface area (Å²) in [5, 5.41) is 20.9. The van der Waals surface area contributed by atoms with Gasteiger partial charge in [-0.3, -0.25) is 9.59 Å². The number of hydrogen-bond acceptors (Lipinski definition) is 8. The number of carbonyl (C=O) groups is 4. The third-order valence-electron chi connectivity index (χ3n) is 7.44. The fourth-order valence-corrected chi connectivity index (χ4v) is 3.75. The molecular formula is C30H54KLiO8. The van der Waals surface area contributed by atoms with E-state index in [0.29, 0.717) is 0 Å². The van der Waals surface area contributed by atoms with E-state index in [4.69, 9.17) is 9.47 Å². The summed E-state index contributed by atoms with van der Waals surface area (Å²) in [6.45, 7) is 20.0. The third kappa shape index (κ3) is 20.9. The van der Waals surface area contributed by atoms with E-state index in [1.165, 1.54) is 0 Å². The summed E-state index contributed by atoms with van der Waals surface area (Å²) in [5.41, 5.74) is -1.76. The number of esters is 2. The van der Waals surface area contributed by atoms with Crippen LogP contribution in [0.2, 0.25) is 0 Å². The van der Waals surface area contributed by atoms with E-state index in [2.05, 4.69) is 13.8 Å². The maximum Gasteiger partial charge on any atom is 1.00 e. The number of hydrogen-bond donors (Lipinski definition) is 0. The third-order valence-corrected chi connectivity index (χ3v) is 7.44. The Kier molecular flexibility index (Phi) is 26.6. The smallest absolute Gasteiger partial charge is 0.550 e. The van der Waals surface area contributed by atoms with Crippen LogP contribution in [-0.4, -0.2) is 35.1 Å². The summed E-state index contributed by atoms with van der Waals surface area (Å²) in [7, 11) is 0. The topological polar surface area (TPSA) is 133 Å². The maximum atomic E-state index is 11.6. The normalized spacial score (nSPS) is 14.1. The van der Waals surface area contributed by atoms with Crippen molar-refractivity contribution in [2.24, 2.45) is 10.8 Å². The van der Waals surface area contributed by atoms with Crippen molar-refractivity contribution in [1.29, 1.82) is 0 Å². The SMILES string of the molecule is CCCCCCC(C)(OC(=O)CC(=O)[O-])C(C)(C)C.CCCCCCC(C)(OC(=O)CC(=O)[O-])C(C)(C)C.[K+].[Li+]. The minimum absolute atomic E-state index is 0. The van der Waals surface area contributed by atoms with Crippen molar-refractivity contribution in [3.8, 4) is 0 Å². The van der Waals surface area contributed by atoms with Gasteiger partial charge in [-0.1, -0.05) is 93.9 Å². The van der Waals surface area contributed by atoms with Gasteiger partial charge >= 0.3 is 82.2 Å². The van der Waals surface area contributed by atoms with Gasteiger partial charge in [0.15, 0.2) is 0 Å². The van der Waals surface area contributed by atoms with Crippen LogP contribution in [0.3, 0.4) is 0 Å². The number of carboxylic acid groups (broad SMARTS) is 2. The molecule has 0 saturated heterocycles. The molecule has 0 aromatic carbocycles. The molecule has 0 rings (SSSR count). The quantitative estimate of drug-likeness (QED) is 0.0961. The zero-order chi connectivity index (χ0) is 30.2. The molecule has 0 heterocycles. The van der Waals surface area contributed by atoms with Crippen LogP contribution in [0.15, 0.2) is 0 Å². The van der Waals surface area contributed by atoms with Crippen LogP contribution >= 0.6 is 0 Å². The molecule has 0 aromatic heterocycles. The van der Waals surface area contributed by atoms with Crippen molar-refractivity contribution in [2.45, 2.75) is 157 Å². The molecule has 0 amide bonds. The van der Waals surface area contributed by atoms with Crippen molar-refractivity contribution in [1.82, 2.24) is 0 Å². The summed E-state index contributed by atoms with van der Waals surface area (Å²) in [4.78, 5) is 44.0. The maximum absolute atomic E-state index is 11.6. The van der Waals surface area contributed by atoms with E-state index in [-0.39, 0.29) is 81.1 Å². The molecule has 0 aliphatic carbocycles. The molecule has 2 atom stereocenters. The summed E-state index contributed by atoms with van der Waals surface area (Å²) in [5.74, 6) is -4.22. The molecule has 0 radical (unpaired) electrons. The minimum atomic E-state index is -1.40. The zero-order valence-electron chi connectivity index (χ0n) is 27.8. The van der Waals surface area contributed by atoms with Gasteiger partial charge in [-0.15, -0.1) is 0 Å². The second kappa shape index (κ2) is 22.6. The average molecular weight is 589 g/mol. The molecular weight excluding hydrogens is 534 g/mol. The molecule has 8 nitrogen and oxygen atoms in total. The molecule has 0 aliphatic rings. The van der Waals surface area contributed by atoms with Crippen molar-refractivity contribution < 1.29 is 109 Å². The van der Waals surface area contributed by atoms with Gasteiger partial charge in [0, 0.05) is 10.8 Å². The Morgan fingerprint density at radius 1 is 0.550 bits per heavy atom. The molecule has 40 heavy (non-hydrogen) atoms. The summed E-state index contributed by atoms with van der Waals surface area (Å²) in [6.07, 6.45) is 8.89. The van der Waals surface area contributed by atoms with Crippen LogP contribution in [0.4, 0.5) is 0 Å². The summed E-state index contributed by atoms with van der Waals surface area (Å²) in [6, 6.07) is 0. The van der Waals surface area contributed by atoms with Crippen LogP contribution in [0.25, 0.3) is 0 Å². The van der Waals surface area contributed by atoms with Gasteiger partial charge in [0.05, 0.1) is 24.8 Å². The Hall–Kier alpha value is 0.114. The van der Waals surface area contributed by atoms with E-state index < -0.39 is 47.9 Å². The number of aliphatic carboxylic acids is 2. The van der Waals surface area contributed by atoms with Gasteiger partial charge in [0.25, 0.3) is 0 Å². The van der Waals surface area contributed by atoms with Gasteiger partial charge in [-0.05, 0) is 39.5 Å². The molecule has 0 aromatic rings. The van der Waals surface area contributed by atoms with E-state index in [0.717, 1.165) is 64.2 Å². The number of rotatable bonds is 16. The molecule has 10 heteroatoms. The molecule has 0 fully saturated rings. The van der Waals surface area contributed by atoms with Crippen LogP contribution in [0, 0.1) is 10.8 Å². The van der Waals surface area contributed by atoms with E-state index in [9.17, 15) is 29.4 Å². The Morgan fingerprint density at radius 2 is 0.825 bits per heavy atom. The van der Waals surface area contributed by atoms with E-state index in [1.807, 2.05) is 55.4 Å². The first-order chi connectivity index (χ1) is 17.2. The number of unbranched alkanes of at least 4 members (excludes halogenated alkanes) is 6. The van der Waals surface area contributed by atoms with Gasteiger partial charge in [0.1, 0.15) is 11.2 Å². The first kappa shape index (κ1) is 47.1. The van der Waals surface area contributed by atoms with Crippen molar-refractivity contribution in [3.63, 3.8) is 0 Å². The van der Waals surface area contributed by atoms with E-state index in [1.54, 1.807) is 0 Å². The van der Waals surface area contributed by atoms with Crippen molar-refractivity contribution in [3.05, 3.63) is 0 Å². The Labute approximate surface area is 298 Å². The van der Waals surface area contributed by atoms with E-state index >= 15 is 0 Å². The molecule has 224 valence electrons. The van der Waals surface area contributed by atoms with Gasteiger partial charge in [0.2, 0.25) is 0 Å². The van der Waals surface area contributed by atoms with Gasteiger partial charge in [-0.2, -0.15) is 0 Å². The second-order valence-corrected chi connectivity index (χ2v) is 12.6. The van der Waals surface area contributed by atoms with Gasteiger partial charge in [-0.25, -0.2) is 0 Å². The van der Waals surface area contributed by atoms with Crippen LogP contribution in [0.1, 0.15) is 146 Å². The Bertz CT molecular complexity index is 683.